The molecule has 0 aromatic carbocycles. The van der Waals surface area contributed by atoms with Crippen LogP contribution in [0, 0.1) is 5.92 Å². The second-order valence-electron chi connectivity index (χ2n) is 6.63. The summed E-state index contributed by atoms with van der Waals surface area (Å²) in [5.74, 6) is 6.14. The molecule has 1 aliphatic rings. The van der Waals surface area contributed by atoms with Crippen LogP contribution in [0.3, 0.4) is 0 Å². The van der Waals surface area contributed by atoms with E-state index in [1.165, 1.54) is 6.26 Å². The third kappa shape index (κ3) is 3.72. The van der Waals surface area contributed by atoms with Crippen LogP contribution in [0.15, 0.2) is 0 Å². The summed E-state index contributed by atoms with van der Waals surface area (Å²) in [4.78, 5) is 2.20. The maximum absolute atomic E-state index is 11.8. The van der Waals surface area contributed by atoms with Gasteiger partial charge in [-0.05, 0) is 52.6 Å². The number of sulfone groups is 1. The Kier molecular flexibility index (Phi) is 6.01. The molecular formula is C14H31N3O2S. The third-order valence-electron chi connectivity index (χ3n) is 5.33. The molecule has 1 saturated carbocycles. The molecule has 0 bridgehead atoms. The summed E-state index contributed by atoms with van der Waals surface area (Å²) in [6.07, 6.45) is 5.84. The number of rotatable bonds is 6. The van der Waals surface area contributed by atoms with Gasteiger partial charge in [0.1, 0.15) is 9.84 Å². The molecule has 1 aliphatic carbocycles. The molecule has 0 aliphatic heterocycles. The second-order valence-corrected chi connectivity index (χ2v) is 8.95. The van der Waals surface area contributed by atoms with Crippen LogP contribution in [0.25, 0.3) is 0 Å². The van der Waals surface area contributed by atoms with Crippen LogP contribution in [-0.2, 0) is 9.84 Å². The SMILES string of the molecule is CCC(C)(C(NN)C1CCCC(S(C)(=O)=O)C1)N(C)C. The van der Waals surface area contributed by atoms with Gasteiger partial charge in [0, 0.05) is 17.8 Å². The lowest BCUT2D eigenvalue weighted by Gasteiger charge is -2.47. The van der Waals surface area contributed by atoms with Crippen molar-refractivity contribution in [2.24, 2.45) is 11.8 Å². The van der Waals surface area contributed by atoms with E-state index >= 15 is 0 Å². The van der Waals surface area contributed by atoms with Crippen LogP contribution in [0.1, 0.15) is 46.0 Å². The molecule has 0 spiro atoms. The Morgan fingerprint density at radius 2 is 2.00 bits per heavy atom. The monoisotopic (exact) mass is 305 g/mol. The quantitative estimate of drug-likeness (QED) is 0.569. The van der Waals surface area contributed by atoms with Crippen LogP contribution < -0.4 is 11.3 Å². The van der Waals surface area contributed by atoms with Gasteiger partial charge >= 0.3 is 0 Å². The third-order valence-corrected chi connectivity index (χ3v) is 6.97. The van der Waals surface area contributed by atoms with Gasteiger partial charge < -0.3 is 4.90 Å². The van der Waals surface area contributed by atoms with E-state index in [0.717, 1.165) is 32.1 Å². The lowest BCUT2D eigenvalue weighted by atomic mass is 9.74. The Hall–Kier alpha value is -0.170. The van der Waals surface area contributed by atoms with E-state index in [1.54, 1.807) is 0 Å². The first-order valence-electron chi connectivity index (χ1n) is 7.49. The average Bonchev–Trinajstić information content (AvgIpc) is 2.38. The number of nitrogens with two attached hydrogens (primary N) is 1. The van der Waals surface area contributed by atoms with E-state index in [9.17, 15) is 8.42 Å². The molecule has 3 N–H and O–H groups in total. The van der Waals surface area contributed by atoms with Crippen molar-refractivity contribution in [3.63, 3.8) is 0 Å². The van der Waals surface area contributed by atoms with E-state index in [-0.39, 0.29) is 16.8 Å². The standard InChI is InChI=1S/C14H31N3O2S/c1-6-14(2,17(3)4)13(16-15)11-8-7-9-12(10-11)20(5,18)19/h11-13,16H,6-10,15H2,1-5H3. The number of nitrogens with one attached hydrogen (secondary N) is 1. The number of hydrogen-bond acceptors (Lipinski definition) is 5. The number of hydrazine groups is 1. The summed E-state index contributed by atoms with van der Waals surface area (Å²) in [7, 11) is 1.17. The molecule has 0 heterocycles. The van der Waals surface area contributed by atoms with Gasteiger partial charge in [-0.1, -0.05) is 13.3 Å². The Balaban J connectivity index is 2.95. The minimum Gasteiger partial charge on any atom is -0.302 e. The van der Waals surface area contributed by atoms with Crippen LogP contribution in [0.2, 0.25) is 0 Å². The molecule has 0 amide bonds. The zero-order chi connectivity index (χ0) is 15.6. The van der Waals surface area contributed by atoms with Crippen molar-refractivity contribution in [3.8, 4) is 0 Å². The van der Waals surface area contributed by atoms with Crippen molar-refractivity contribution in [1.29, 1.82) is 0 Å². The van der Waals surface area contributed by atoms with Crippen LogP contribution >= 0.6 is 0 Å². The number of likely N-dealkylation sites (N-methyl/N-ethyl adjacent to an activating group) is 1. The first kappa shape index (κ1) is 17.9. The van der Waals surface area contributed by atoms with E-state index in [0.29, 0.717) is 5.92 Å². The Bertz CT molecular complexity index is 411. The molecule has 0 aromatic rings. The van der Waals surface area contributed by atoms with Crippen molar-refractivity contribution in [1.82, 2.24) is 10.3 Å². The smallest absolute Gasteiger partial charge is 0.150 e. The highest BCUT2D eigenvalue weighted by molar-refractivity contribution is 7.91. The predicted octanol–water partition coefficient (Wildman–Crippen LogP) is 1.15. The largest absolute Gasteiger partial charge is 0.302 e. The maximum atomic E-state index is 11.8. The summed E-state index contributed by atoms with van der Waals surface area (Å²) < 4.78 is 23.7. The molecule has 0 radical (unpaired) electrons. The first-order valence-corrected chi connectivity index (χ1v) is 9.44. The van der Waals surface area contributed by atoms with Crippen molar-refractivity contribution >= 4 is 9.84 Å². The van der Waals surface area contributed by atoms with E-state index in [4.69, 9.17) is 5.84 Å². The van der Waals surface area contributed by atoms with E-state index < -0.39 is 9.84 Å². The molecule has 0 saturated heterocycles. The Labute approximate surface area is 124 Å². The summed E-state index contributed by atoms with van der Waals surface area (Å²) >= 11 is 0. The van der Waals surface area contributed by atoms with Crippen molar-refractivity contribution in [2.45, 2.75) is 62.8 Å². The molecule has 4 atom stereocenters. The summed E-state index contributed by atoms with van der Waals surface area (Å²) in [6, 6.07) is 0.104. The molecule has 4 unspecified atom stereocenters. The fraction of sp³-hybridized carbons (Fsp3) is 1.00. The Morgan fingerprint density at radius 3 is 2.40 bits per heavy atom. The van der Waals surface area contributed by atoms with Crippen LogP contribution in [0.4, 0.5) is 0 Å². The van der Waals surface area contributed by atoms with Gasteiger partial charge in [-0.2, -0.15) is 0 Å². The van der Waals surface area contributed by atoms with Gasteiger partial charge in [-0.25, -0.2) is 8.42 Å². The van der Waals surface area contributed by atoms with Gasteiger partial charge in [-0.3, -0.25) is 11.3 Å². The van der Waals surface area contributed by atoms with Crippen LogP contribution in [-0.4, -0.2) is 50.5 Å². The van der Waals surface area contributed by atoms with E-state index in [2.05, 4.69) is 38.3 Å². The molecule has 1 rings (SSSR count). The second kappa shape index (κ2) is 6.73. The lowest BCUT2D eigenvalue weighted by molar-refractivity contribution is 0.0683. The topological polar surface area (TPSA) is 75.4 Å². The minimum atomic E-state index is -2.96. The highest BCUT2D eigenvalue weighted by atomic mass is 32.2. The average molecular weight is 305 g/mol. The molecule has 6 heteroatoms. The molecule has 120 valence electrons. The first-order chi connectivity index (χ1) is 9.16. The fourth-order valence-electron chi connectivity index (χ4n) is 3.51. The van der Waals surface area contributed by atoms with Gasteiger partial charge in [-0.15, -0.1) is 0 Å². The van der Waals surface area contributed by atoms with Gasteiger partial charge in [0.2, 0.25) is 0 Å². The highest BCUT2D eigenvalue weighted by Gasteiger charge is 2.42. The molecule has 0 aromatic heterocycles. The van der Waals surface area contributed by atoms with Gasteiger partial charge in [0.25, 0.3) is 0 Å². The summed E-state index contributed by atoms with van der Waals surface area (Å²) in [5.41, 5.74) is 2.91. The van der Waals surface area contributed by atoms with Gasteiger partial charge in [0.15, 0.2) is 0 Å². The van der Waals surface area contributed by atoms with Gasteiger partial charge in [0.05, 0.1) is 5.25 Å². The minimum absolute atomic E-state index is 0.0706. The highest BCUT2D eigenvalue weighted by Crippen LogP contribution is 2.36. The molecular weight excluding hydrogens is 274 g/mol. The van der Waals surface area contributed by atoms with Crippen molar-refractivity contribution in [2.75, 3.05) is 20.4 Å². The zero-order valence-corrected chi connectivity index (χ0v) is 14.3. The van der Waals surface area contributed by atoms with Crippen molar-refractivity contribution in [3.05, 3.63) is 0 Å². The lowest BCUT2D eigenvalue weighted by Crippen LogP contribution is -2.62. The Morgan fingerprint density at radius 1 is 1.40 bits per heavy atom. The number of hydrogen-bond donors (Lipinski definition) is 2. The normalized spacial score (nSPS) is 29.1. The van der Waals surface area contributed by atoms with E-state index in [1.807, 2.05) is 0 Å². The molecule has 5 nitrogen and oxygen atoms in total. The fourth-order valence-corrected chi connectivity index (χ4v) is 4.70. The maximum Gasteiger partial charge on any atom is 0.150 e. The van der Waals surface area contributed by atoms with Crippen LogP contribution in [0.5, 0.6) is 0 Å². The van der Waals surface area contributed by atoms with Crippen molar-refractivity contribution < 1.29 is 8.42 Å². The summed E-state index contributed by atoms with van der Waals surface area (Å²) in [6.45, 7) is 4.35. The summed E-state index contributed by atoms with van der Waals surface area (Å²) in [5, 5.41) is -0.208. The zero-order valence-electron chi connectivity index (χ0n) is 13.5. The molecule has 1 fully saturated rings. The number of nitrogens with zero attached hydrogens (tertiary/aromatic N) is 1. The molecule has 20 heavy (non-hydrogen) atoms. The predicted molar refractivity (Wildman–Crippen MR) is 84.1 cm³/mol.